The Balaban J connectivity index is 2.86. The van der Waals surface area contributed by atoms with Crippen LogP contribution in [0.5, 0.6) is 0 Å². The van der Waals surface area contributed by atoms with E-state index in [1.54, 1.807) is 12.3 Å². The summed E-state index contributed by atoms with van der Waals surface area (Å²) >= 11 is 0. The molecule has 0 spiro atoms. The third-order valence-corrected chi connectivity index (χ3v) is 0.469. The minimum Gasteiger partial charge on any atom is -0.242 e. The van der Waals surface area contributed by atoms with Gasteiger partial charge < -0.3 is 0 Å². The zero-order chi connectivity index (χ0) is 4.95. The number of aliphatic imine (C=N–C) groups is 1. The molecule has 1 aliphatic heterocycles. The largest absolute Gasteiger partial charge is 0.242 e. The SMILES string of the molecule is C1=CC=NC=NN=1. The number of hydrogen-bond donors (Lipinski definition) is 0. The van der Waals surface area contributed by atoms with Crippen molar-refractivity contribution < 1.29 is 0 Å². The predicted octanol–water partition coefficient (Wildman–Crippen LogP) is 0.240. The average Bonchev–Trinajstić information content (AvgIpc) is 1.90. The summed E-state index contributed by atoms with van der Waals surface area (Å²) in [5.41, 5.74) is 0. The van der Waals surface area contributed by atoms with Gasteiger partial charge >= 0.3 is 0 Å². The third kappa shape index (κ3) is 1.11. The van der Waals surface area contributed by atoms with E-state index < -0.39 is 0 Å². The van der Waals surface area contributed by atoms with Crippen LogP contribution in [-0.2, 0) is 0 Å². The first-order valence-electron chi connectivity index (χ1n) is 1.82. The van der Waals surface area contributed by atoms with Crippen molar-refractivity contribution in [2.45, 2.75) is 0 Å². The fourth-order valence-corrected chi connectivity index (χ4v) is 0.237. The lowest BCUT2D eigenvalue weighted by Gasteiger charge is -1.61. The van der Waals surface area contributed by atoms with Gasteiger partial charge in [0.05, 0.1) is 0 Å². The molecule has 0 amide bonds. The molecule has 0 aromatic heterocycles. The topological polar surface area (TPSA) is 37.1 Å². The molecule has 0 aliphatic carbocycles. The molecule has 1 rings (SSSR count). The second-order valence-electron chi connectivity index (χ2n) is 0.925. The quantitative estimate of drug-likeness (QED) is 0.411. The molecule has 0 atom stereocenters. The molecule has 34 valence electrons. The molecule has 1 heterocycles. The first-order valence-corrected chi connectivity index (χ1v) is 1.82. The molecule has 0 radical (unpaired) electrons. The summed E-state index contributed by atoms with van der Waals surface area (Å²) in [5.74, 6) is 2.50. The second kappa shape index (κ2) is 2.05. The molecular weight excluding hydrogens is 90.1 g/mol. The van der Waals surface area contributed by atoms with E-state index in [0.717, 1.165) is 0 Å². The lowest BCUT2D eigenvalue weighted by molar-refractivity contribution is 1.27. The highest BCUT2D eigenvalue weighted by Gasteiger charge is 1.64. The van der Waals surface area contributed by atoms with Crippen LogP contribution < -0.4 is 0 Å². The maximum absolute atomic E-state index is 3.64. The van der Waals surface area contributed by atoms with E-state index in [0.29, 0.717) is 0 Å². The molecule has 0 aromatic carbocycles. The van der Waals surface area contributed by atoms with Gasteiger partial charge in [0.25, 0.3) is 0 Å². The van der Waals surface area contributed by atoms with Crippen LogP contribution in [0, 0.1) is 0 Å². The second-order valence-corrected chi connectivity index (χ2v) is 0.925. The van der Waals surface area contributed by atoms with Crippen LogP contribution in [0.15, 0.2) is 21.3 Å². The van der Waals surface area contributed by atoms with Crippen molar-refractivity contribution in [1.29, 1.82) is 0 Å². The van der Waals surface area contributed by atoms with E-state index in [1.165, 1.54) is 6.34 Å². The molecule has 0 N–H and O–H groups in total. The smallest absolute Gasteiger partial charge is 0.138 e. The highest BCUT2D eigenvalue weighted by molar-refractivity contribution is 5.88. The highest BCUT2D eigenvalue weighted by Crippen LogP contribution is 1.69. The Morgan fingerprint density at radius 3 is 3.43 bits per heavy atom. The van der Waals surface area contributed by atoms with Crippen LogP contribution in [0.1, 0.15) is 0 Å². The Hall–Kier alpha value is -1.21. The van der Waals surface area contributed by atoms with Crippen molar-refractivity contribution in [2.24, 2.45) is 15.2 Å². The molecular formula is C4H3N3. The molecule has 0 unspecified atom stereocenters. The van der Waals surface area contributed by atoms with E-state index in [4.69, 9.17) is 0 Å². The fourth-order valence-electron chi connectivity index (χ4n) is 0.237. The zero-order valence-electron chi connectivity index (χ0n) is 3.57. The minimum atomic E-state index is 1.36. The highest BCUT2D eigenvalue weighted by atomic mass is 15.2. The van der Waals surface area contributed by atoms with Gasteiger partial charge in [-0.25, -0.2) is 4.99 Å². The van der Waals surface area contributed by atoms with E-state index in [-0.39, 0.29) is 0 Å². The van der Waals surface area contributed by atoms with Crippen molar-refractivity contribution in [3.05, 3.63) is 6.08 Å². The van der Waals surface area contributed by atoms with Gasteiger partial charge in [0.2, 0.25) is 0 Å². The van der Waals surface area contributed by atoms with Crippen LogP contribution >= 0.6 is 0 Å². The van der Waals surface area contributed by atoms with Gasteiger partial charge in [0, 0.05) is 18.2 Å². The number of nitrogens with zero attached hydrogens (tertiary/aromatic N) is 3. The van der Waals surface area contributed by atoms with Crippen LogP contribution in [0.3, 0.4) is 0 Å². The number of rotatable bonds is 0. The first-order chi connectivity index (χ1) is 3.50. The van der Waals surface area contributed by atoms with Gasteiger partial charge in [-0.3, -0.25) is 0 Å². The monoisotopic (exact) mass is 93.0 g/mol. The van der Waals surface area contributed by atoms with E-state index in [9.17, 15) is 0 Å². The standard InChI is InChI=1S/C4H3N3/c1-2-5-4-7-6-3-1/h1-2,4H. The van der Waals surface area contributed by atoms with Crippen LogP contribution in [-0.4, -0.2) is 18.4 Å². The van der Waals surface area contributed by atoms with E-state index in [2.05, 4.69) is 21.1 Å². The van der Waals surface area contributed by atoms with Crippen molar-refractivity contribution in [3.8, 4) is 0 Å². The van der Waals surface area contributed by atoms with Crippen molar-refractivity contribution in [2.75, 3.05) is 0 Å². The molecule has 0 saturated heterocycles. The number of hydrogen-bond acceptors (Lipinski definition) is 3. The lowest BCUT2D eigenvalue weighted by atomic mass is 10.7. The van der Waals surface area contributed by atoms with Crippen LogP contribution in [0.2, 0.25) is 0 Å². The fraction of sp³-hybridized carbons (Fsp3) is 0. The third-order valence-electron chi connectivity index (χ3n) is 0.469. The molecule has 3 heteroatoms. The Morgan fingerprint density at radius 2 is 2.43 bits per heavy atom. The summed E-state index contributed by atoms with van der Waals surface area (Å²) in [6.45, 7) is 0. The Labute approximate surface area is 40.8 Å². The van der Waals surface area contributed by atoms with Crippen molar-refractivity contribution >= 4 is 18.4 Å². The summed E-state index contributed by atoms with van der Waals surface area (Å²) < 4.78 is 0. The summed E-state index contributed by atoms with van der Waals surface area (Å²) in [5, 5.41) is 6.84. The minimum absolute atomic E-state index is 1.36. The Kier molecular flexibility index (Phi) is 1.16. The Morgan fingerprint density at radius 1 is 1.43 bits per heavy atom. The lowest BCUT2D eigenvalue weighted by Crippen LogP contribution is -1.60. The van der Waals surface area contributed by atoms with E-state index in [1.807, 2.05) is 0 Å². The molecule has 0 saturated carbocycles. The van der Waals surface area contributed by atoms with Crippen molar-refractivity contribution in [1.82, 2.24) is 0 Å². The van der Waals surface area contributed by atoms with Gasteiger partial charge in [-0.15, -0.1) is 10.2 Å². The van der Waals surface area contributed by atoms with Gasteiger partial charge in [0.1, 0.15) is 6.34 Å². The summed E-state index contributed by atoms with van der Waals surface area (Å²) in [6, 6.07) is 0. The maximum atomic E-state index is 3.64. The van der Waals surface area contributed by atoms with Gasteiger partial charge in [0.15, 0.2) is 0 Å². The number of allylic oxidation sites excluding steroid dienone is 1. The molecule has 0 bridgehead atoms. The van der Waals surface area contributed by atoms with Gasteiger partial charge in [-0.1, -0.05) is 0 Å². The molecule has 0 fully saturated rings. The predicted molar refractivity (Wildman–Crippen MR) is 29.0 cm³/mol. The van der Waals surface area contributed by atoms with E-state index >= 15 is 0 Å². The van der Waals surface area contributed by atoms with Gasteiger partial charge in [-0.2, -0.15) is 0 Å². The summed E-state index contributed by atoms with van der Waals surface area (Å²) in [6.07, 6.45) is 4.52. The molecule has 3 nitrogen and oxygen atoms in total. The van der Waals surface area contributed by atoms with Crippen molar-refractivity contribution in [3.63, 3.8) is 0 Å². The zero-order valence-corrected chi connectivity index (χ0v) is 3.57. The molecule has 1 aliphatic rings. The Bertz CT molecular complexity index is 144. The summed E-state index contributed by atoms with van der Waals surface area (Å²) in [4.78, 5) is 3.64. The maximum Gasteiger partial charge on any atom is 0.138 e. The average molecular weight is 93.1 g/mol. The van der Waals surface area contributed by atoms with Crippen LogP contribution in [0.4, 0.5) is 0 Å². The van der Waals surface area contributed by atoms with Gasteiger partial charge in [-0.05, 0) is 0 Å². The van der Waals surface area contributed by atoms with Crippen LogP contribution in [0.25, 0.3) is 0 Å². The molecule has 0 aromatic rings. The normalized spacial score (nSPS) is 14.9. The first kappa shape index (κ1) is 3.96. The molecule has 7 heavy (non-hydrogen) atoms. The summed E-state index contributed by atoms with van der Waals surface area (Å²) in [7, 11) is 0.